The smallest absolute Gasteiger partial charge is 0.227 e. The molecule has 0 saturated carbocycles. The van der Waals surface area contributed by atoms with Gasteiger partial charge in [0.15, 0.2) is 0 Å². The Balaban J connectivity index is 1.62. The molecule has 0 bridgehead atoms. The molecule has 152 valence electrons. The minimum absolute atomic E-state index is 0.110. The lowest BCUT2D eigenvalue weighted by Crippen LogP contribution is -2.12. The maximum absolute atomic E-state index is 11.5. The minimum Gasteiger partial charge on any atom is -0.326 e. The summed E-state index contributed by atoms with van der Waals surface area (Å²) in [5.74, 6) is 0.390. The number of nitrogens with zero attached hydrogens (tertiary/aromatic N) is 4. The van der Waals surface area contributed by atoms with Crippen molar-refractivity contribution < 1.29 is 4.79 Å². The summed E-state index contributed by atoms with van der Waals surface area (Å²) >= 11 is 1.60. The molecule has 0 saturated heterocycles. The number of amides is 1. The number of carbonyl (C=O) groups is 1. The van der Waals surface area contributed by atoms with Crippen LogP contribution in [0.15, 0.2) is 54.2 Å². The van der Waals surface area contributed by atoms with Crippen LogP contribution in [0.1, 0.15) is 12.5 Å². The fourth-order valence-electron chi connectivity index (χ4n) is 3.22. The van der Waals surface area contributed by atoms with Gasteiger partial charge < -0.3 is 15.5 Å². The summed E-state index contributed by atoms with van der Waals surface area (Å²) in [5.41, 5.74) is 4.52. The number of hydrogen-bond donors (Lipinski definition) is 2. The predicted octanol–water partition coefficient (Wildman–Crippen LogP) is 4.52. The Kier molecular flexibility index (Phi) is 5.69. The highest BCUT2D eigenvalue weighted by Gasteiger charge is 2.08. The van der Waals surface area contributed by atoms with Crippen molar-refractivity contribution in [2.45, 2.75) is 13.5 Å². The van der Waals surface area contributed by atoms with Gasteiger partial charge >= 0.3 is 0 Å². The van der Waals surface area contributed by atoms with E-state index in [-0.39, 0.29) is 5.91 Å². The number of nitrogens with one attached hydrogen (secondary N) is 2. The van der Waals surface area contributed by atoms with Gasteiger partial charge in [-0.2, -0.15) is 0 Å². The Bertz CT molecular complexity index is 1190. The van der Waals surface area contributed by atoms with Gasteiger partial charge in [0.05, 0.1) is 5.52 Å². The quantitative estimate of drug-likeness (QED) is 0.479. The number of anilines is 3. The zero-order chi connectivity index (χ0) is 21.1. The van der Waals surface area contributed by atoms with E-state index in [0.717, 1.165) is 45.0 Å². The summed E-state index contributed by atoms with van der Waals surface area (Å²) in [7, 11) is 4.01. The normalized spacial score (nSPS) is 11.1. The maximum atomic E-state index is 11.5. The predicted molar refractivity (Wildman–Crippen MR) is 122 cm³/mol. The van der Waals surface area contributed by atoms with E-state index < -0.39 is 0 Å². The van der Waals surface area contributed by atoms with Gasteiger partial charge in [-0.25, -0.2) is 15.0 Å². The van der Waals surface area contributed by atoms with Gasteiger partial charge in [0, 0.05) is 53.6 Å². The molecule has 0 aliphatic carbocycles. The molecule has 0 aliphatic heterocycles. The fraction of sp³-hybridized carbons (Fsp3) is 0.182. The van der Waals surface area contributed by atoms with Crippen LogP contribution in [0.3, 0.4) is 0 Å². The molecule has 4 rings (SSSR count). The van der Waals surface area contributed by atoms with Crippen molar-refractivity contribution in [3.05, 3.63) is 59.7 Å². The molecule has 4 aromatic rings. The molecule has 0 radical (unpaired) electrons. The van der Waals surface area contributed by atoms with Crippen molar-refractivity contribution in [2.75, 3.05) is 24.7 Å². The van der Waals surface area contributed by atoms with E-state index in [1.54, 1.807) is 23.7 Å². The van der Waals surface area contributed by atoms with Crippen LogP contribution in [0.5, 0.6) is 0 Å². The summed E-state index contributed by atoms with van der Waals surface area (Å²) in [4.78, 5) is 27.0. The standard InChI is InChI=1S/C22H22N6OS/c1-14(29)25-18-8-15(13-28(2)3)9-19(11-18)26-22-24-12-17-10-16(4-5-20(17)27-22)21-23-6-7-30-21/h4-12H,13H2,1-3H3,(H,25,29)(H,24,26,27). The molecule has 7 nitrogen and oxygen atoms in total. The Labute approximate surface area is 178 Å². The van der Waals surface area contributed by atoms with Crippen molar-refractivity contribution in [3.63, 3.8) is 0 Å². The topological polar surface area (TPSA) is 83.0 Å². The van der Waals surface area contributed by atoms with E-state index >= 15 is 0 Å². The van der Waals surface area contributed by atoms with Gasteiger partial charge in [-0.1, -0.05) is 0 Å². The summed E-state index contributed by atoms with van der Waals surface area (Å²) in [6.07, 6.45) is 3.60. The molecule has 30 heavy (non-hydrogen) atoms. The molecular weight excluding hydrogens is 396 g/mol. The van der Waals surface area contributed by atoms with Crippen molar-refractivity contribution >= 4 is 45.5 Å². The molecule has 8 heteroatoms. The average Bonchev–Trinajstić information content (AvgIpc) is 3.21. The Hall–Kier alpha value is -3.36. The first-order valence-corrected chi connectivity index (χ1v) is 10.3. The molecule has 2 aromatic carbocycles. The van der Waals surface area contributed by atoms with Crippen molar-refractivity contribution in [1.29, 1.82) is 0 Å². The molecule has 2 heterocycles. The number of aromatic nitrogens is 3. The number of thiazole rings is 1. The molecular formula is C22H22N6OS. The SMILES string of the molecule is CC(=O)Nc1cc(CN(C)C)cc(Nc2ncc3cc(-c4nccs4)ccc3n2)c1. The van der Waals surface area contributed by atoms with Gasteiger partial charge in [-0.05, 0) is 56.1 Å². The number of rotatable bonds is 6. The molecule has 0 spiro atoms. The van der Waals surface area contributed by atoms with E-state index in [2.05, 4.69) is 30.5 Å². The van der Waals surface area contributed by atoms with Crippen LogP contribution in [-0.4, -0.2) is 39.9 Å². The zero-order valence-corrected chi connectivity index (χ0v) is 17.8. The van der Waals surface area contributed by atoms with Crippen LogP contribution in [0, 0.1) is 0 Å². The van der Waals surface area contributed by atoms with E-state index in [1.807, 2.05) is 55.9 Å². The summed E-state index contributed by atoms with van der Waals surface area (Å²) in [5, 5.41) is 10.0. The van der Waals surface area contributed by atoms with Gasteiger partial charge in [0.25, 0.3) is 0 Å². The number of hydrogen-bond acceptors (Lipinski definition) is 7. The maximum Gasteiger partial charge on any atom is 0.227 e. The van der Waals surface area contributed by atoms with Crippen molar-refractivity contribution in [1.82, 2.24) is 19.9 Å². The highest BCUT2D eigenvalue weighted by molar-refractivity contribution is 7.13. The largest absolute Gasteiger partial charge is 0.326 e. The van der Waals surface area contributed by atoms with Crippen LogP contribution in [0.25, 0.3) is 21.5 Å². The molecule has 1 amide bonds. The Morgan fingerprint density at radius 3 is 2.67 bits per heavy atom. The molecule has 2 N–H and O–H groups in total. The number of carbonyl (C=O) groups excluding carboxylic acids is 1. The highest BCUT2D eigenvalue weighted by atomic mass is 32.1. The van der Waals surface area contributed by atoms with Gasteiger partial charge in [-0.3, -0.25) is 4.79 Å². The lowest BCUT2D eigenvalue weighted by atomic mass is 10.1. The second-order valence-electron chi connectivity index (χ2n) is 7.27. The van der Waals surface area contributed by atoms with Crippen molar-refractivity contribution in [3.8, 4) is 10.6 Å². The summed E-state index contributed by atoms with van der Waals surface area (Å²) in [6.45, 7) is 2.25. The van der Waals surface area contributed by atoms with Crippen LogP contribution >= 0.6 is 11.3 Å². The monoisotopic (exact) mass is 418 g/mol. The third-order valence-electron chi connectivity index (χ3n) is 4.33. The lowest BCUT2D eigenvalue weighted by molar-refractivity contribution is -0.114. The zero-order valence-electron chi connectivity index (χ0n) is 17.0. The first kappa shape index (κ1) is 19.9. The first-order valence-electron chi connectivity index (χ1n) is 9.46. The van der Waals surface area contributed by atoms with E-state index in [4.69, 9.17) is 0 Å². The van der Waals surface area contributed by atoms with E-state index in [1.165, 1.54) is 6.92 Å². The lowest BCUT2D eigenvalue weighted by Gasteiger charge is -2.14. The first-order chi connectivity index (χ1) is 14.5. The third-order valence-corrected chi connectivity index (χ3v) is 5.15. The molecule has 0 fully saturated rings. The van der Waals surface area contributed by atoms with Crippen LogP contribution < -0.4 is 10.6 Å². The second kappa shape index (κ2) is 8.56. The van der Waals surface area contributed by atoms with Crippen LogP contribution in [0.4, 0.5) is 17.3 Å². The fourth-order valence-corrected chi connectivity index (χ4v) is 3.85. The highest BCUT2D eigenvalue weighted by Crippen LogP contribution is 2.27. The molecule has 0 atom stereocenters. The van der Waals surface area contributed by atoms with Crippen LogP contribution in [-0.2, 0) is 11.3 Å². The molecule has 2 aromatic heterocycles. The summed E-state index contributed by atoms with van der Waals surface area (Å²) < 4.78 is 0. The van der Waals surface area contributed by atoms with Gasteiger partial charge in [0.1, 0.15) is 5.01 Å². The average molecular weight is 419 g/mol. The third kappa shape index (κ3) is 4.79. The number of fused-ring (bicyclic) bond motifs is 1. The number of benzene rings is 2. The molecule has 0 unspecified atom stereocenters. The Morgan fingerprint density at radius 1 is 1.10 bits per heavy atom. The van der Waals surface area contributed by atoms with Crippen LogP contribution in [0.2, 0.25) is 0 Å². The summed E-state index contributed by atoms with van der Waals surface area (Å²) in [6, 6.07) is 11.9. The Morgan fingerprint density at radius 2 is 1.93 bits per heavy atom. The van der Waals surface area contributed by atoms with Crippen molar-refractivity contribution in [2.24, 2.45) is 0 Å². The second-order valence-corrected chi connectivity index (χ2v) is 8.16. The van der Waals surface area contributed by atoms with Gasteiger partial charge in [0.2, 0.25) is 11.9 Å². The minimum atomic E-state index is -0.110. The van der Waals surface area contributed by atoms with E-state index in [0.29, 0.717) is 5.95 Å². The van der Waals surface area contributed by atoms with Gasteiger partial charge in [-0.15, -0.1) is 11.3 Å². The molecule has 0 aliphatic rings. The van der Waals surface area contributed by atoms with E-state index in [9.17, 15) is 4.79 Å².